The number of aliphatic imine (C=N–C) groups is 1. The average Bonchev–Trinajstić information content (AvgIpc) is 2.87. The van der Waals surface area contributed by atoms with E-state index in [1.54, 1.807) is 6.26 Å². The van der Waals surface area contributed by atoms with Gasteiger partial charge in [0.05, 0.1) is 6.26 Å². The molecule has 2 heterocycles. The standard InChI is InChI=1S/C16H21NO/c1-14-9-6-4-2-3-5-7-10-15(17-13-14)16-11-8-12-18-16/h4-8,11-15H,2-3,9-10H2,1H3/b6-4+,7-5+,17-13+. The molecule has 0 aromatic carbocycles. The topological polar surface area (TPSA) is 25.5 Å². The Hall–Kier alpha value is -1.57. The molecule has 0 aliphatic carbocycles. The Morgan fingerprint density at radius 2 is 1.89 bits per heavy atom. The number of hydrogen-bond donors (Lipinski definition) is 0. The van der Waals surface area contributed by atoms with E-state index >= 15 is 0 Å². The monoisotopic (exact) mass is 243 g/mol. The molecule has 0 spiro atoms. The van der Waals surface area contributed by atoms with Crippen molar-refractivity contribution in [2.45, 2.75) is 38.6 Å². The van der Waals surface area contributed by atoms with Crippen molar-refractivity contribution in [3.63, 3.8) is 0 Å². The van der Waals surface area contributed by atoms with Crippen molar-refractivity contribution < 1.29 is 4.42 Å². The molecule has 0 N–H and O–H groups in total. The third-order valence-electron chi connectivity index (χ3n) is 3.09. The van der Waals surface area contributed by atoms with Crippen LogP contribution >= 0.6 is 0 Å². The van der Waals surface area contributed by atoms with Crippen LogP contribution in [0.4, 0.5) is 0 Å². The fourth-order valence-electron chi connectivity index (χ4n) is 2.01. The molecule has 0 bridgehead atoms. The summed E-state index contributed by atoms with van der Waals surface area (Å²) in [6, 6.07) is 4.06. The summed E-state index contributed by atoms with van der Waals surface area (Å²) >= 11 is 0. The molecule has 0 fully saturated rings. The lowest BCUT2D eigenvalue weighted by Gasteiger charge is -2.09. The quantitative estimate of drug-likeness (QED) is 0.655. The highest BCUT2D eigenvalue weighted by molar-refractivity contribution is 5.60. The van der Waals surface area contributed by atoms with Crippen molar-refractivity contribution in [2.24, 2.45) is 10.9 Å². The van der Waals surface area contributed by atoms with E-state index < -0.39 is 0 Å². The second-order valence-corrected chi connectivity index (χ2v) is 4.80. The summed E-state index contributed by atoms with van der Waals surface area (Å²) < 4.78 is 5.47. The zero-order chi connectivity index (χ0) is 12.6. The first kappa shape index (κ1) is 12.9. The zero-order valence-electron chi connectivity index (χ0n) is 11.0. The third kappa shape index (κ3) is 4.02. The Labute approximate surface area is 109 Å². The molecule has 1 aliphatic heterocycles. The largest absolute Gasteiger partial charge is 0.467 e. The molecule has 1 aliphatic rings. The third-order valence-corrected chi connectivity index (χ3v) is 3.09. The number of hydrogen-bond acceptors (Lipinski definition) is 2. The zero-order valence-corrected chi connectivity index (χ0v) is 11.0. The van der Waals surface area contributed by atoms with Gasteiger partial charge in [0.15, 0.2) is 0 Å². The summed E-state index contributed by atoms with van der Waals surface area (Å²) in [6.45, 7) is 2.20. The minimum absolute atomic E-state index is 0.127. The van der Waals surface area contributed by atoms with Crippen LogP contribution in [0.5, 0.6) is 0 Å². The second kappa shape index (κ2) is 7.00. The molecule has 0 amide bonds. The summed E-state index contributed by atoms with van der Waals surface area (Å²) in [7, 11) is 0. The van der Waals surface area contributed by atoms with Gasteiger partial charge in [-0.25, -0.2) is 0 Å². The van der Waals surface area contributed by atoms with Gasteiger partial charge in [-0.15, -0.1) is 0 Å². The van der Waals surface area contributed by atoms with Gasteiger partial charge in [-0.2, -0.15) is 0 Å². The van der Waals surface area contributed by atoms with Crippen LogP contribution in [0.15, 0.2) is 52.1 Å². The molecular weight excluding hydrogens is 222 g/mol. The summed E-state index contributed by atoms with van der Waals surface area (Å²) in [4.78, 5) is 4.68. The summed E-state index contributed by atoms with van der Waals surface area (Å²) in [5.41, 5.74) is 0. The van der Waals surface area contributed by atoms with E-state index in [1.165, 1.54) is 0 Å². The Bertz CT molecular complexity index is 414. The molecule has 2 rings (SSSR count). The highest BCUT2D eigenvalue weighted by Gasteiger charge is 2.10. The van der Waals surface area contributed by atoms with Crippen LogP contribution < -0.4 is 0 Å². The fraction of sp³-hybridized carbons (Fsp3) is 0.438. The van der Waals surface area contributed by atoms with Crippen molar-refractivity contribution in [3.8, 4) is 0 Å². The molecule has 2 nitrogen and oxygen atoms in total. The molecular formula is C16H21NO. The first-order valence-electron chi connectivity index (χ1n) is 6.73. The van der Waals surface area contributed by atoms with Crippen LogP contribution in [0.2, 0.25) is 0 Å². The van der Waals surface area contributed by atoms with E-state index in [0.717, 1.165) is 31.4 Å². The van der Waals surface area contributed by atoms with Gasteiger partial charge < -0.3 is 4.42 Å². The summed E-state index contributed by atoms with van der Waals surface area (Å²) in [6.07, 6.45) is 17.0. The van der Waals surface area contributed by atoms with Gasteiger partial charge in [-0.1, -0.05) is 31.2 Å². The molecule has 18 heavy (non-hydrogen) atoms. The fourth-order valence-corrected chi connectivity index (χ4v) is 2.01. The first-order chi connectivity index (χ1) is 8.86. The van der Waals surface area contributed by atoms with Crippen molar-refractivity contribution in [3.05, 3.63) is 48.5 Å². The molecule has 2 unspecified atom stereocenters. The molecule has 0 radical (unpaired) electrons. The highest BCUT2D eigenvalue weighted by atomic mass is 16.3. The van der Waals surface area contributed by atoms with Gasteiger partial charge >= 0.3 is 0 Å². The van der Waals surface area contributed by atoms with Gasteiger partial charge in [-0.05, 0) is 43.7 Å². The Morgan fingerprint density at radius 1 is 1.11 bits per heavy atom. The van der Waals surface area contributed by atoms with Crippen LogP contribution in [0.1, 0.15) is 44.4 Å². The molecule has 2 heteroatoms. The van der Waals surface area contributed by atoms with E-state index in [4.69, 9.17) is 4.42 Å². The van der Waals surface area contributed by atoms with E-state index in [1.807, 2.05) is 12.1 Å². The Balaban J connectivity index is 2.11. The van der Waals surface area contributed by atoms with Crippen molar-refractivity contribution >= 4 is 6.21 Å². The SMILES string of the molecule is CC1/C=N/C(c2ccco2)C/C=C/CC/C=C/C1. The molecule has 96 valence electrons. The van der Waals surface area contributed by atoms with E-state index in [9.17, 15) is 0 Å². The van der Waals surface area contributed by atoms with E-state index in [2.05, 4.69) is 42.4 Å². The average molecular weight is 243 g/mol. The minimum Gasteiger partial charge on any atom is -0.467 e. The number of rotatable bonds is 1. The maximum absolute atomic E-state index is 5.47. The van der Waals surface area contributed by atoms with Crippen LogP contribution in [0, 0.1) is 5.92 Å². The molecule has 1 aromatic heterocycles. The normalized spacial score (nSPS) is 30.9. The van der Waals surface area contributed by atoms with E-state index in [0.29, 0.717) is 5.92 Å². The van der Waals surface area contributed by atoms with Crippen LogP contribution in [0.25, 0.3) is 0 Å². The maximum Gasteiger partial charge on any atom is 0.128 e. The summed E-state index contributed by atoms with van der Waals surface area (Å²) in [5.74, 6) is 1.44. The lowest BCUT2D eigenvalue weighted by molar-refractivity contribution is 0.468. The van der Waals surface area contributed by atoms with Crippen molar-refractivity contribution in [2.75, 3.05) is 0 Å². The van der Waals surface area contributed by atoms with Crippen LogP contribution in [-0.2, 0) is 0 Å². The predicted molar refractivity (Wildman–Crippen MR) is 75.9 cm³/mol. The van der Waals surface area contributed by atoms with Gasteiger partial charge in [0.2, 0.25) is 0 Å². The van der Waals surface area contributed by atoms with Gasteiger partial charge in [0, 0.05) is 6.21 Å². The molecule has 0 saturated carbocycles. The first-order valence-corrected chi connectivity index (χ1v) is 6.73. The van der Waals surface area contributed by atoms with E-state index in [-0.39, 0.29) is 6.04 Å². The van der Waals surface area contributed by atoms with Crippen molar-refractivity contribution in [1.82, 2.24) is 0 Å². The van der Waals surface area contributed by atoms with Gasteiger partial charge in [0.1, 0.15) is 11.8 Å². The Morgan fingerprint density at radius 3 is 2.61 bits per heavy atom. The summed E-state index contributed by atoms with van der Waals surface area (Å²) in [5, 5.41) is 0. The highest BCUT2D eigenvalue weighted by Crippen LogP contribution is 2.23. The molecule has 0 saturated heterocycles. The number of allylic oxidation sites excluding steroid dienone is 3. The lowest BCUT2D eigenvalue weighted by atomic mass is 10.1. The maximum atomic E-state index is 5.47. The van der Waals surface area contributed by atoms with Crippen molar-refractivity contribution in [1.29, 1.82) is 0 Å². The van der Waals surface area contributed by atoms with Gasteiger partial charge in [0.25, 0.3) is 0 Å². The minimum atomic E-state index is 0.127. The predicted octanol–water partition coefficient (Wildman–Crippen LogP) is 4.71. The molecule has 2 atom stereocenters. The van der Waals surface area contributed by atoms with Crippen LogP contribution in [0.3, 0.4) is 0 Å². The lowest BCUT2D eigenvalue weighted by Crippen LogP contribution is -1.99. The van der Waals surface area contributed by atoms with Crippen LogP contribution in [-0.4, -0.2) is 6.21 Å². The Kier molecular flexibility index (Phi) is 5.00. The number of nitrogens with zero attached hydrogens (tertiary/aromatic N) is 1. The second-order valence-electron chi connectivity index (χ2n) is 4.80. The van der Waals surface area contributed by atoms with Gasteiger partial charge in [-0.3, -0.25) is 4.99 Å². The number of furan rings is 1. The molecule has 1 aromatic rings. The smallest absolute Gasteiger partial charge is 0.128 e.